The lowest BCUT2D eigenvalue weighted by molar-refractivity contribution is 0.0674. The molecule has 0 spiro atoms. The summed E-state index contributed by atoms with van der Waals surface area (Å²) in [5.74, 6) is 0.190. The van der Waals surface area contributed by atoms with Crippen molar-refractivity contribution >= 4 is 5.91 Å². The van der Waals surface area contributed by atoms with Crippen LogP contribution in [0, 0.1) is 6.92 Å². The number of nitrogens with one attached hydrogen (secondary N) is 1. The van der Waals surface area contributed by atoms with Crippen LogP contribution in [0.1, 0.15) is 39.9 Å². The molecule has 0 aromatic heterocycles. The minimum atomic E-state index is 0.190. The summed E-state index contributed by atoms with van der Waals surface area (Å²) in [4.78, 5) is 14.5. The number of fused-ring (bicyclic) bond motifs is 1. The number of piperidine rings is 1. The van der Waals surface area contributed by atoms with Crippen LogP contribution in [0.15, 0.2) is 12.1 Å². The van der Waals surface area contributed by atoms with Gasteiger partial charge in [0.1, 0.15) is 0 Å². The van der Waals surface area contributed by atoms with Gasteiger partial charge in [-0.25, -0.2) is 0 Å². The third kappa shape index (κ3) is 2.05. The van der Waals surface area contributed by atoms with Crippen LogP contribution in [-0.2, 0) is 13.1 Å². The molecule has 1 aromatic carbocycles. The normalized spacial score (nSPS) is 22.7. The molecule has 1 amide bonds. The van der Waals surface area contributed by atoms with Crippen molar-refractivity contribution in [3.8, 4) is 0 Å². The number of hydrogen-bond acceptors (Lipinski definition) is 3. The SMILES string of the molecule is Cc1c(CN)ccc2c1CN(C1CCCNC1)C2=O. The Morgan fingerprint density at radius 1 is 1.47 bits per heavy atom. The first-order valence-corrected chi connectivity index (χ1v) is 7.05. The molecule has 1 atom stereocenters. The van der Waals surface area contributed by atoms with Gasteiger partial charge >= 0.3 is 0 Å². The maximum Gasteiger partial charge on any atom is 0.254 e. The van der Waals surface area contributed by atoms with Crippen molar-refractivity contribution in [1.29, 1.82) is 0 Å². The Morgan fingerprint density at radius 2 is 2.32 bits per heavy atom. The molecule has 19 heavy (non-hydrogen) atoms. The Balaban J connectivity index is 1.90. The van der Waals surface area contributed by atoms with E-state index in [0.29, 0.717) is 12.6 Å². The molecule has 2 heterocycles. The maximum absolute atomic E-state index is 12.5. The van der Waals surface area contributed by atoms with E-state index in [9.17, 15) is 4.79 Å². The summed E-state index contributed by atoms with van der Waals surface area (Å²) in [5, 5.41) is 3.38. The van der Waals surface area contributed by atoms with Gasteiger partial charge in [-0.15, -0.1) is 0 Å². The fourth-order valence-corrected chi connectivity index (χ4v) is 3.22. The molecule has 102 valence electrons. The molecule has 0 bridgehead atoms. The number of amides is 1. The fourth-order valence-electron chi connectivity index (χ4n) is 3.22. The summed E-state index contributed by atoms with van der Waals surface area (Å²) < 4.78 is 0. The molecule has 3 rings (SSSR count). The van der Waals surface area contributed by atoms with E-state index in [1.54, 1.807) is 0 Å². The van der Waals surface area contributed by atoms with Gasteiger partial charge in [0, 0.05) is 31.2 Å². The van der Waals surface area contributed by atoms with Crippen LogP contribution in [0.4, 0.5) is 0 Å². The molecule has 1 saturated heterocycles. The minimum absolute atomic E-state index is 0.190. The van der Waals surface area contributed by atoms with Gasteiger partial charge in [0.2, 0.25) is 0 Å². The molecule has 0 radical (unpaired) electrons. The van der Waals surface area contributed by atoms with Crippen LogP contribution in [-0.4, -0.2) is 29.9 Å². The lowest BCUT2D eigenvalue weighted by Gasteiger charge is -2.31. The van der Waals surface area contributed by atoms with Gasteiger partial charge in [0.25, 0.3) is 5.91 Å². The van der Waals surface area contributed by atoms with Crippen LogP contribution in [0.5, 0.6) is 0 Å². The van der Waals surface area contributed by atoms with Crippen molar-refractivity contribution in [3.05, 3.63) is 34.4 Å². The average Bonchev–Trinajstić information content (AvgIpc) is 2.79. The summed E-state index contributed by atoms with van der Waals surface area (Å²) in [5.41, 5.74) is 10.1. The molecule has 0 saturated carbocycles. The van der Waals surface area contributed by atoms with Gasteiger partial charge in [0.05, 0.1) is 0 Å². The number of carbonyl (C=O) groups is 1. The zero-order valence-corrected chi connectivity index (χ0v) is 11.4. The zero-order chi connectivity index (χ0) is 13.4. The van der Waals surface area contributed by atoms with Crippen LogP contribution in [0.2, 0.25) is 0 Å². The highest BCUT2D eigenvalue weighted by Crippen LogP contribution is 2.30. The summed E-state index contributed by atoms with van der Waals surface area (Å²) >= 11 is 0. The third-order valence-electron chi connectivity index (χ3n) is 4.46. The van der Waals surface area contributed by atoms with Crippen LogP contribution >= 0.6 is 0 Å². The Hall–Kier alpha value is -1.39. The number of nitrogens with two attached hydrogens (primary N) is 1. The molecule has 4 nitrogen and oxygen atoms in total. The molecule has 2 aliphatic rings. The quantitative estimate of drug-likeness (QED) is 0.838. The molecule has 3 N–H and O–H groups in total. The van der Waals surface area contributed by atoms with Crippen molar-refractivity contribution in [2.75, 3.05) is 13.1 Å². The number of rotatable bonds is 2. The Morgan fingerprint density at radius 3 is 3.00 bits per heavy atom. The molecular formula is C15H21N3O. The molecule has 1 fully saturated rings. The molecule has 4 heteroatoms. The summed E-state index contributed by atoms with van der Waals surface area (Å²) in [6.45, 7) is 5.36. The standard InChI is InChI=1S/C15H21N3O/c1-10-11(7-16)4-5-13-14(10)9-18(15(13)19)12-3-2-6-17-8-12/h4-5,12,17H,2-3,6-9,16H2,1H3. The predicted molar refractivity (Wildman–Crippen MR) is 74.8 cm³/mol. The van der Waals surface area contributed by atoms with Crippen LogP contribution in [0.3, 0.4) is 0 Å². The van der Waals surface area contributed by atoms with Gasteiger partial charge in [-0.2, -0.15) is 0 Å². The Bertz CT molecular complexity index is 506. The zero-order valence-electron chi connectivity index (χ0n) is 11.4. The van der Waals surface area contributed by atoms with Crippen LogP contribution < -0.4 is 11.1 Å². The smallest absolute Gasteiger partial charge is 0.254 e. The lowest BCUT2D eigenvalue weighted by atomic mass is 9.99. The van der Waals surface area contributed by atoms with E-state index >= 15 is 0 Å². The van der Waals surface area contributed by atoms with E-state index in [-0.39, 0.29) is 5.91 Å². The predicted octanol–water partition coefficient (Wildman–Crippen LogP) is 1.16. The van der Waals surface area contributed by atoms with E-state index in [1.807, 2.05) is 17.0 Å². The Kier molecular flexibility index (Phi) is 3.29. The second kappa shape index (κ2) is 4.94. The largest absolute Gasteiger partial charge is 0.330 e. The highest BCUT2D eigenvalue weighted by atomic mass is 16.2. The second-order valence-corrected chi connectivity index (χ2v) is 5.51. The highest BCUT2D eigenvalue weighted by molar-refractivity contribution is 5.99. The molecule has 1 aromatic rings. The lowest BCUT2D eigenvalue weighted by Crippen LogP contribution is -2.46. The third-order valence-corrected chi connectivity index (χ3v) is 4.46. The van der Waals surface area contributed by atoms with Crippen molar-refractivity contribution in [2.45, 2.75) is 38.9 Å². The van der Waals surface area contributed by atoms with Gasteiger partial charge in [-0.1, -0.05) is 6.07 Å². The van der Waals surface area contributed by atoms with E-state index in [1.165, 1.54) is 11.1 Å². The Labute approximate surface area is 114 Å². The monoisotopic (exact) mass is 259 g/mol. The van der Waals surface area contributed by atoms with Crippen molar-refractivity contribution in [2.24, 2.45) is 5.73 Å². The van der Waals surface area contributed by atoms with Crippen molar-refractivity contribution in [3.63, 3.8) is 0 Å². The molecule has 2 aliphatic heterocycles. The van der Waals surface area contributed by atoms with E-state index in [4.69, 9.17) is 5.73 Å². The van der Waals surface area contributed by atoms with Crippen molar-refractivity contribution < 1.29 is 4.79 Å². The maximum atomic E-state index is 12.5. The molecular weight excluding hydrogens is 238 g/mol. The van der Waals surface area contributed by atoms with Gasteiger partial charge < -0.3 is 16.0 Å². The average molecular weight is 259 g/mol. The van der Waals surface area contributed by atoms with Gasteiger partial charge in [-0.3, -0.25) is 4.79 Å². The molecule has 0 aliphatic carbocycles. The number of benzene rings is 1. The van der Waals surface area contributed by atoms with Gasteiger partial charge in [0.15, 0.2) is 0 Å². The second-order valence-electron chi connectivity index (χ2n) is 5.51. The summed E-state index contributed by atoms with van der Waals surface area (Å²) in [6.07, 6.45) is 2.26. The van der Waals surface area contributed by atoms with Gasteiger partial charge in [-0.05, 0) is 49.1 Å². The van der Waals surface area contributed by atoms with E-state index < -0.39 is 0 Å². The summed E-state index contributed by atoms with van der Waals surface area (Å²) in [6, 6.07) is 4.28. The first-order chi connectivity index (χ1) is 9.22. The van der Waals surface area contributed by atoms with E-state index in [2.05, 4.69) is 12.2 Å². The first-order valence-electron chi connectivity index (χ1n) is 7.05. The minimum Gasteiger partial charge on any atom is -0.330 e. The van der Waals surface area contributed by atoms with Crippen molar-refractivity contribution in [1.82, 2.24) is 10.2 Å². The summed E-state index contributed by atoms with van der Waals surface area (Å²) in [7, 11) is 0. The number of nitrogens with zero attached hydrogens (tertiary/aromatic N) is 1. The fraction of sp³-hybridized carbons (Fsp3) is 0.533. The van der Waals surface area contributed by atoms with E-state index in [0.717, 1.165) is 43.6 Å². The molecule has 1 unspecified atom stereocenters. The van der Waals surface area contributed by atoms with Crippen LogP contribution in [0.25, 0.3) is 0 Å². The number of carbonyl (C=O) groups excluding carboxylic acids is 1. The first kappa shape index (κ1) is 12.6. The topological polar surface area (TPSA) is 58.4 Å². The highest BCUT2D eigenvalue weighted by Gasteiger charge is 2.34. The number of hydrogen-bond donors (Lipinski definition) is 2.